The lowest BCUT2D eigenvalue weighted by atomic mass is 10.2. The van der Waals surface area contributed by atoms with Gasteiger partial charge < -0.3 is 0 Å². The van der Waals surface area contributed by atoms with E-state index in [9.17, 15) is 4.39 Å². The first-order valence-corrected chi connectivity index (χ1v) is 6.81. The highest BCUT2D eigenvalue weighted by Gasteiger charge is 2.09. The standard InChI is InChI=1S/C13H18Cl2FN/c1-2-3-7-17(8-6-14)10-11-9-12(15)4-5-13(11)16/h4-5,9H,2-3,6-8,10H2,1H3. The average molecular weight is 278 g/mol. The van der Waals surface area contributed by atoms with Gasteiger partial charge in [-0.2, -0.15) is 0 Å². The van der Waals surface area contributed by atoms with Crippen molar-refractivity contribution in [3.8, 4) is 0 Å². The van der Waals surface area contributed by atoms with Crippen molar-refractivity contribution in [2.24, 2.45) is 0 Å². The lowest BCUT2D eigenvalue weighted by Gasteiger charge is -2.21. The number of hydrogen-bond donors (Lipinski definition) is 0. The van der Waals surface area contributed by atoms with Crippen LogP contribution in [0.3, 0.4) is 0 Å². The number of halogens is 3. The van der Waals surface area contributed by atoms with Crippen LogP contribution in [0.15, 0.2) is 18.2 Å². The lowest BCUT2D eigenvalue weighted by Crippen LogP contribution is -2.27. The van der Waals surface area contributed by atoms with Gasteiger partial charge in [0.05, 0.1) is 0 Å². The van der Waals surface area contributed by atoms with Gasteiger partial charge in [-0.1, -0.05) is 24.9 Å². The molecule has 0 fully saturated rings. The summed E-state index contributed by atoms with van der Waals surface area (Å²) in [6, 6.07) is 4.67. The molecule has 1 nitrogen and oxygen atoms in total. The van der Waals surface area contributed by atoms with E-state index in [4.69, 9.17) is 23.2 Å². The second-order valence-electron chi connectivity index (χ2n) is 4.05. The predicted molar refractivity (Wildman–Crippen MR) is 72.3 cm³/mol. The molecule has 0 heterocycles. The number of nitrogens with zero attached hydrogens (tertiary/aromatic N) is 1. The molecular formula is C13H18Cl2FN. The van der Waals surface area contributed by atoms with Crippen LogP contribution in [0.4, 0.5) is 4.39 Å². The minimum Gasteiger partial charge on any atom is -0.298 e. The Kier molecular flexibility index (Phi) is 6.86. The largest absolute Gasteiger partial charge is 0.298 e. The first-order valence-electron chi connectivity index (χ1n) is 5.89. The highest BCUT2D eigenvalue weighted by atomic mass is 35.5. The summed E-state index contributed by atoms with van der Waals surface area (Å²) < 4.78 is 13.6. The van der Waals surface area contributed by atoms with Crippen molar-refractivity contribution in [1.82, 2.24) is 4.90 Å². The summed E-state index contributed by atoms with van der Waals surface area (Å²) in [5.74, 6) is 0.358. The van der Waals surface area contributed by atoms with Gasteiger partial charge in [0.1, 0.15) is 5.82 Å². The first-order chi connectivity index (χ1) is 8.17. The second kappa shape index (κ2) is 7.91. The minimum atomic E-state index is -0.203. The molecule has 0 saturated carbocycles. The molecule has 1 rings (SSSR count). The van der Waals surface area contributed by atoms with E-state index in [0.29, 0.717) is 23.0 Å². The Hall–Kier alpha value is -0.310. The van der Waals surface area contributed by atoms with Gasteiger partial charge >= 0.3 is 0 Å². The molecule has 0 aromatic heterocycles. The van der Waals surface area contributed by atoms with Crippen molar-refractivity contribution < 1.29 is 4.39 Å². The van der Waals surface area contributed by atoms with Gasteiger partial charge in [0.25, 0.3) is 0 Å². The van der Waals surface area contributed by atoms with Crippen LogP contribution in [-0.4, -0.2) is 23.9 Å². The summed E-state index contributed by atoms with van der Waals surface area (Å²) in [5.41, 5.74) is 0.638. The maximum Gasteiger partial charge on any atom is 0.127 e. The fourth-order valence-electron chi connectivity index (χ4n) is 1.68. The molecule has 0 aliphatic rings. The first kappa shape index (κ1) is 14.7. The minimum absolute atomic E-state index is 0.203. The van der Waals surface area contributed by atoms with Crippen LogP contribution in [0, 0.1) is 5.82 Å². The molecule has 0 amide bonds. The zero-order valence-corrected chi connectivity index (χ0v) is 11.6. The molecular weight excluding hydrogens is 260 g/mol. The highest BCUT2D eigenvalue weighted by Crippen LogP contribution is 2.17. The van der Waals surface area contributed by atoms with Gasteiger partial charge in [-0.05, 0) is 31.2 Å². The summed E-state index contributed by atoms with van der Waals surface area (Å²) in [5, 5.41) is 0.572. The van der Waals surface area contributed by atoms with Crippen LogP contribution < -0.4 is 0 Å². The molecule has 96 valence electrons. The number of benzene rings is 1. The van der Waals surface area contributed by atoms with Crippen molar-refractivity contribution in [2.45, 2.75) is 26.3 Å². The van der Waals surface area contributed by atoms with Crippen molar-refractivity contribution >= 4 is 23.2 Å². The maximum absolute atomic E-state index is 13.6. The summed E-state index contributed by atoms with van der Waals surface area (Å²) in [4.78, 5) is 2.16. The molecule has 1 aromatic rings. The zero-order valence-electron chi connectivity index (χ0n) is 10.1. The molecule has 1 aromatic carbocycles. The van der Waals surface area contributed by atoms with Crippen LogP contribution >= 0.6 is 23.2 Å². The molecule has 0 N–H and O–H groups in total. The quantitative estimate of drug-likeness (QED) is 0.671. The van der Waals surface area contributed by atoms with E-state index in [1.807, 2.05) is 0 Å². The van der Waals surface area contributed by atoms with Gasteiger partial charge in [0.2, 0.25) is 0 Å². The third-order valence-corrected chi connectivity index (χ3v) is 3.03. The van der Waals surface area contributed by atoms with E-state index in [1.165, 1.54) is 6.07 Å². The van der Waals surface area contributed by atoms with Gasteiger partial charge in [0.15, 0.2) is 0 Å². The summed E-state index contributed by atoms with van der Waals surface area (Å²) in [7, 11) is 0. The van der Waals surface area contributed by atoms with Gasteiger partial charge in [-0.25, -0.2) is 4.39 Å². The Morgan fingerprint density at radius 3 is 2.71 bits per heavy atom. The summed E-state index contributed by atoms with van der Waals surface area (Å²) in [6.45, 7) is 4.42. The molecule has 0 spiro atoms. The van der Waals surface area contributed by atoms with Crippen molar-refractivity contribution in [1.29, 1.82) is 0 Å². The van der Waals surface area contributed by atoms with Crippen LogP contribution in [0.25, 0.3) is 0 Å². The third-order valence-electron chi connectivity index (χ3n) is 2.63. The monoisotopic (exact) mass is 277 g/mol. The van der Waals surface area contributed by atoms with Crippen molar-refractivity contribution in [2.75, 3.05) is 19.0 Å². The molecule has 0 radical (unpaired) electrons. The van der Waals surface area contributed by atoms with E-state index in [0.717, 1.165) is 25.9 Å². The second-order valence-corrected chi connectivity index (χ2v) is 4.87. The zero-order chi connectivity index (χ0) is 12.7. The Balaban J connectivity index is 2.67. The topological polar surface area (TPSA) is 3.24 Å². The van der Waals surface area contributed by atoms with Gasteiger partial charge in [0, 0.05) is 29.6 Å². The fourth-order valence-corrected chi connectivity index (χ4v) is 2.11. The number of hydrogen-bond acceptors (Lipinski definition) is 1. The lowest BCUT2D eigenvalue weighted by molar-refractivity contribution is 0.273. The molecule has 0 unspecified atom stereocenters. The fraction of sp³-hybridized carbons (Fsp3) is 0.538. The van der Waals surface area contributed by atoms with Gasteiger partial charge in [-0.15, -0.1) is 11.6 Å². The maximum atomic E-state index is 13.6. The van der Waals surface area contributed by atoms with Crippen LogP contribution in [0.2, 0.25) is 5.02 Å². The summed E-state index contributed by atoms with van der Waals surface area (Å²) >= 11 is 11.6. The van der Waals surface area contributed by atoms with E-state index in [2.05, 4.69) is 11.8 Å². The molecule has 0 bridgehead atoms. The molecule has 0 aliphatic carbocycles. The number of alkyl halides is 1. The summed E-state index contributed by atoms with van der Waals surface area (Å²) in [6.07, 6.45) is 2.22. The van der Waals surface area contributed by atoms with E-state index in [1.54, 1.807) is 12.1 Å². The van der Waals surface area contributed by atoms with E-state index in [-0.39, 0.29) is 5.82 Å². The average Bonchev–Trinajstić information content (AvgIpc) is 2.31. The molecule has 4 heteroatoms. The Bertz CT molecular complexity index is 344. The van der Waals surface area contributed by atoms with Crippen LogP contribution in [0.5, 0.6) is 0 Å². The highest BCUT2D eigenvalue weighted by molar-refractivity contribution is 6.30. The predicted octanol–water partition coefficient (Wildman–Crippen LogP) is 4.32. The molecule has 17 heavy (non-hydrogen) atoms. The smallest absolute Gasteiger partial charge is 0.127 e. The third kappa shape index (κ3) is 5.24. The Labute approximate surface area is 113 Å². The number of unbranched alkanes of at least 4 members (excludes halogenated alkanes) is 1. The van der Waals surface area contributed by atoms with Crippen LogP contribution in [0.1, 0.15) is 25.3 Å². The van der Waals surface area contributed by atoms with Crippen LogP contribution in [-0.2, 0) is 6.54 Å². The Morgan fingerprint density at radius 2 is 2.06 bits per heavy atom. The SMILES string of the molecule is CCCCN(CCCl)Cc1cc(Cl)ccc1F. The molecule has 0 saturated heterocycles. The van der Waals surface area contributed by atoms with E-state index < -0.39 is 0 Å². The van der Waals surface area contributed by atoms with Gasteiger partial charge in [-0.3, -0.25) is 4.90 Å². The van der Waals surface area contributed by atoms with Crippen molar-refractivity contribution in [3.05, 3.63) is 34.6 Å². The van der Waals surface area contributed by atoms with E-state index >= 15 is 0 Å². The number of rotatable bonds is 7. The molecule has 0 aliphatic heterocycles. The Morgan fingerprint density at radius 1 is 1.29 bits per heavy atom. The van der Waals surface area contributed by atoms with Crippen molar-refractivity contribution in [3.63, 3.8) is 0 Å². The molecule has 0 atom stereocenters. The normalized spacial score (nSPS) is 11.1.